The smallest absolute Gasteiger partial charge is 0.167 e. The molecule has 6 heteroatoms. The van der Waals surface area contributed by atoms with E-state index in [0.717, 1.165) is 24.3 Å². The molecule has 0 saturated heterocycles. The maximum Gasteiger partial charge on any atom is 0.167 e. The first kappa shape index (κ1) is 8.71. The van der Waals surface area contributed by atoms with E-state index in [-0.39, 0.29) is 5.88 Å². The van der Waals surface area contributed by atoms with Gasteiger partial charge in [0.1, 0.15) is 5.88 Å². The fourth-order valence-electron chi connectivity index (χ4n) is 1.42. The second-order valence-corrected chi connectivity index (χ2v) is 5.41. The molecule has 0 fully saturated rings. The molecule has 5 nitrogen and oxygen atoms in total. The van der Waals surface area contributed by atoms with Gasteiger partial charge in [-0.3, -0.25) is 4.68 Å². The minimum atomic E-state index is -2.98. The lowest BCUT2D eigenvalue weighted by Gasteiger charge is -1.98. The number of fused-ring (bicyclic) bond motifs is 1. The van der Waals surface area contributed by atoms with Crippen molar-refractivity contribution in [1.29, 1.82) is 0 Å². The van der Waals surface area contributed by atoms with Crippen molar-refractivity contribution >= 4 is 9.84 Å². The van der Waals surface area contributed by atoms with Crippen molar-refractivity contribution in [2.75, 3.05) is 6.26 Å². The lowest BCUT2D eigenvalue weighted by molar-refractivity contribution is 0.578. The van der Waals surface area contributed by atoms with Gasteiger partial charge in [-0.25, -0.2) is 8.42 Å². The molecule has 0 aromatic carbocycles. The van der Waals surface area contributed by atoms with Crippen LogP contribution in [0.15, 0.2) is 6.20 Å². The molecule has 72 valence electrons. The van der Waals surface area contributed by atoms with Crippen LogP contribution in [0.25, 0.3) is 0 Å². The van der Waals surface area contributed by atoms with E-state index in [1.807, 2.05) is 0 Å². The molecule has 1 aliphatic rings. The van der Waals surface area contributed by atoms with Crippen LogP contribution >= 0.6 is 0 Å². The zero-order valence-corrected chi connectivity index (χ0v) is 8.13. The van der Waals surface area contributed by atoms with Crippen molar-refractivity contribution in [2.45, 2.75) is 19.0 Å². The molecule has 1 aromatic rings. The summed E-state index contributed by atoms with van der Waals surface area (Å²) in [4.78, 5) is 0. The van der Waals surface area contributed by atoms with Gasteiger partial charge in [-0.1, -0.05) is 0 Å². The fraction of sp³-hybridized carbons (Fsp3) is 0.571. The number of nitrogens with one attached hydrogen (secondary N) is 1. The standard InChI is InChI=1S/C7H11N3O2S/c1-13(11,12)5-10-4-6-2-8-3-7(6)9-10/h4,8H,2-3,5H2,1H3. The normalized spacial score (nSPS) is 16.1. The first-order valence-electron chi connectivity index (χ1n) is 3.98. The van der Waals surface area contributed by atoms with Crippen LogP contribution in [0.5, 0.6) is 0 Å². The van der Waals surface area contributed by atoms with Crippen molar-refractivity contribution in [3.63, 3.8) is 0 Å². The number of hydrogen-bond donors (Lipinski definition) is 1. The van der Waals surface area contributed by atoms with Crippen LogP contribution in [0.1, 0.15) is 11.3 Å². The van der Waals surface area contributed by atoms with Crippen molar-refractivity contribution in [3.8, 4) is 0 Å². The molecule has 1 aromatic heterocycles. The topological polar surface area (TPSA) is 64.0 Å². The molecule has 0 unspecified atom stereocenters. The van der Waals surface area contributed by atoms with E-state index >= 15 is 0 Å². The van der Waals surface area contributed by atoms with Crippen LogP contribution in [0.3, 0.4) is 0 Å². The molecule has 0 spiro atoms. The highest BCUT2D eigenvalue weighted by Gasteiger charge is 2.15. The minimum Gasteiger partial charge on any atom is -0.307 e. The first-order valence-corrected chi connectivity index (χ1v) is 6.04. The number of sulfone groups is 1. The molecule has 0 saturated carbocycles. The summed E-state index contributed by atoms with van der Waals surface area (Å²) in [6.07, 6.45) is 2.99. The molecule has 1 aliphatic heterocycles. The van der Waals surface area contributed by atoms with Crippen molar-refractivity contribution in [3.05, 3.63) is 17.5 Å². The van der Waals surface area contributed by atoms with E-state index < -0.39 is 9.84 Å². The molecule has 0 aliphatic carbocycles. The molecule has 2 heterocycles. The highest BCUT2D eigenvalue weighted by molar-refractivity contribution is 7.89. The van der Waals surface area contributed by atoms with Gasteiger partial charge in [0.2, 0.25) is 0 Å². The largest absolute Gasteiger partial charge is 0.307 e. The van der Waals surface area contributed by atoms with Gasteiger partial charge in [-0.2, -0.15) is 5.10 Å². The molecule has 13 heavy (non-hydrogen) atoms. The Labute approximate surface area is 76.7 Å². The molecule has 0 bridgehead atoms. The Bertz CT molecular complexity index is 399. The maximum absolute atomic E-state index is 11.0. The molecule has 0 amide bonds. The van der Waals surface area contributed by atoms with E-state index in [1.54, 1.807) is 6.20 Å². The van der Waals surface area contributed by atoms with Crippen molar-refractivity contribution in [1.82, 2.24) is 15.1 Å². The first-order chi connectivity index (χ1) is 6.04. The molecule has 0 radical (unpaired) electrons. The Morgan fingerprint density at radius 2 is 2.38 bits per heavy atom. The van der Waals surface area contributed by atoms with Crippen molar-refractivity contribution in [2.24, 2.45) is 0 Å². The number of nitrogens with zero attached hydrogens (tertiary/aromatic N) is 2. The van der Waals surface area contributed by atoms with E-state index in [1.165, 1.54) is 10.9 Å². The second-order valence-electron chi connectivity index (χ2n) is 3.30. The third-order valence-electron chi connectivity index (χ3n) is 1.90. The van der Waals surface area contributed by atoms with Gasteiger partial charge in [-0.05, 0) is 0 Å². The van der Waals surface area contributed by atoms with Crippen LogP contribution < -0.4 is 5.32 Å². The molecular formula is C7H11N3O2S. The monoisotopic (exact) mass is 201 g/mol. The highest BCUT2D eigenvalue weighted by Crippen LogP contribution is 2.12. The highest BCUT2D eigenvalue weighted by atomic mass is 32.2. The Hall–Kier alpha value is -0.880. The Kier molecular flexibility index (Phi) is 1.88. The average Bonchev–Trinajstić information content (AvgIpc) is 2.40. The fourth-order valence-corrected chi connectivity index (χ4v) is 2.03. The summed E-state index contributed by atoms with van der Waals surface area (Å²) in [5.41, 5.74) is 2.06. The van der Waals surface area contributed by atoms with Gasteiger partial charge in [0, 0.05) is 31.1 Å². The zero-order valence-electron chi connectivity index (χ0n) is 7.32. The second kappa shape index (κ2) is 2.81. The van der Waals surface area contributed by atoms with Crippen LogP contribution in [0.4, 0.5) is 0 Å². The lowest BCUT2D eigenvalue weighted by Crippen LogP contribution is -2.11. The molecule has 2 rings (SSSR count). The lowest BCUT2D eigenvalue weighted by atomic mass is 10.3. The Balaban J connectivity index is 2.24. The van der Waals surface area contributed by atoms with E-state index in [4.69, 9.17) is 0 Å². The molecular weight excluding hydrogens is 190 g/mol. The van der Waals surface area contributed by atoms with Crippen LogP contribution in [0.2, 0.25) is 0 Å². The maximum atomic E-state index is 11.0. The van der Waals surface area contributed by atoms with Crippen molar-refractivity contribution < 1.29 is 8.42 Å². The number of rotatable bonds is 2. The molecule has 1 N–H and O–H groups in total. The SMILES string of the molecule is CS(=O)(=O)Cn1cc2c(n1)CNC2. The van der Waals surface area contributed by atoms with Gasteiger partial charge < -0.3 is 5.32 Å². The van der Waals surface area contributed by atoms with Gasteiger partial charge in [0.15, 0.2) is 9.84 Å². The predicted octanol–water partition coefficient (Wildman–Crippen LogP) is -0.512. The van der Waals surface area contributed by atoms with Gasteiger partial charge in [0.05, 0.1) is 5.69 Å². The third kappa shape index (κ3) is 1.89. The van der Waals surface area contributed by atoms with Gasteiger partial charge >= 0.3 is 0 Å². The minimum absolute atomic E-state index is 0.0278. The Morgan fingerprint density at radius 3 is 3.00 bits per heavy atom. The average molecular weight is 201 g/mol. The summed E-state index contributed by atoms with van der Waals surface area (Å²) in [5, 5.41) is 7.28. The summed E-state index contributed by atoms with van der Waals surface area (Å²) in [6, 6.07) is 0. The third-order valence-corrected chi connectivity index (χ3v) is 2.63. The predicted molar refractivity (Wildman–Crippen MR) is 47.6 cm³/mol. The van der Waals surface area contributed by atoms with E-state index in [9.17, 15) is 8.42 Å². The van der Waals surface area contributed by atoms with Gasteiger partial charge in [0.25, 0.3) is 0 Å². The Morgan fingerprint density at radius 1 is 1.62 bits per heavy atom. The number of aromatic nitrogens is 2. The summed E-state index contributed by atoms with van der Waals surface area (Å²) in [5.74, 6) is -0.0278. The van der Waals surface area contributed by atoms with E-state index in [2.05, 4.69) is 10.4 Å². The summed E-state index contributed by atoms with van der Waals surface area (Å²) < 4.78 is 23.4. The summed E-state index contributed by atoms with van der Waals surface area (Å²) in [7, 11) is -2.98. The number of hydrogen-bond acceptors (Lipinski definition) is 4. The quantitative estimate of drug-likeness (QED) is 0.700. The van der Waals surface area contributed by atoms with Crippen LogP contribution in [-0.2, 0) is 28.8 Å². The van der Waals surface area contributed by atoms with Gasteiger partial charge in [-0.15, -0.1) is 0 Å². The molecule has 0 atom stereocenters. The van der Waals surface area contributed by atoms with Crippen LogP contribution in [-0.4, -0.2) is 24.5 Å². The van der Waals surface area contributed by atoms with Crippen LogP contribution in [0, 0.1) is 0 Å². The zero-order chi connectivity index (χ0) is 9.47. The summed E-state index contributed by atoms with van der Waals surface area (Å²) >= 11 is 0. The summed E-state index contributed by atoms with van der Waals surface area (Å²) in [6.45, 7) is 1.53. The van der Waals surface area contributed by atoms with E-state index in [0.29, 0.717) is 0 Å².